The Morgan fingerprint density at radius 1 is 1.06 bits per heavy atom. The van der Waals surface area contributed by atoms with Gasteiger partial charge in [0.2, 0.25) is 0 Å². The quantitative estimate of drug-likeness (QED) is 0.423. The first-order valence-corrected chi connectivity index (χ1v) is 12.6. The Morgan fingerprint density at radius 3 is 2.50 bits per heavy atom. The second-order valence-electron chi connectivity index (χ2n) is 8.22. The number of piperidine rings is 1. The fourth-order valence-electron chi connectivity index (χ4n) is 4.16. The number of hydrogen-bond acceptors (Lipinski definition) is 5. The lowest BCUT2D eigenvalue weighted by molar-refractivity contribution is 0.0923. The van der Waals surface area contributed by atoms with Crippen molar-refractivity contribution in [3.05, 3.63) is 81.0 Å². The average molecular weight is 498 g/mol. The molecule has 0 bridgehead atoms. The average Bonchev–Trinajstić information content (AvgIpc) is 3.42. The topological polar surface area (TPSA) is 70.7 Å². The fraction of sp³-hybridized carbons (Fsp3) is 0.308. The zero-order chi connectivity index (χ0) is 23.9. The van der Waals surface area contributed by atoms with Crippen molar-refractivity contribution in [3.63, 3.8) is 0 Å². The number of nitrogens with zero attached hydrogens (tertiary/aromatic N) is 1. The van der Waals surface area contributed by atoms with Crippen LogP contribution in [0.3, 0.4) is 0 Å². The van der Waals surface area contributed by atoms with Gasteiger partial charge in [0.05, 0.1) is 28.7 Å². The van der Waals surface area contributed by atoms with Gasteiger partial charge in [0, 0.05) is 12.1 Å². The molecule has 3 aromatic rings. The molecule has 0 radical (unpaired) electrons. The number of thiophene rings is 1. The second-order valence-corrected chi connectivity index (χ2v) is 9.58. The highest BCUT2D eigenvalue weighted by molar-refractivity contribution is 7.12. The van der Waals surface area contributed by atoms with E-state index in [1.807, 2.05) is 23.6 Å². The summed E-state index contributed by atoms with van der Waals surface area (Å²) in [6.07, 6.45) is 3.55. The summed E-state index contributed by atoms with van der Waals surface area (Å²) < 4.78 is 5.30. The van der Waals surface area contributed by atoms with E-state index in [2.05, 4.69) is 27.7 Å². The summed E-state index contributed by atoms with van der Waals surface area (Å²) in [5, 5.41) is 8.10. The molecular weight excluding hydrogens is 470 g/mol. The maximum atomic E-state index is 13.0. The largest absolute Gasteiger partial charge is 0.497 e. The van der Waals surface area contributed by atoms with Gasteiger partial charge in [-0.2, -0.15) is 0 Å². The zero-order valence-electron chi connectivity index (χ0n) is 19.1. The minimum Gasteiger partial charge on any atom is -0.497 e. The number of methoxy groups -OCH3 is 1. The molecule has 4 rings (SSSR count). The normalized spacial score (nSPS) is 14.9. The van der Waals surface area contributed by atoms with Crippen molar-refractivity contribution in [1.29, 1.82) is 0 Å². The van der Waals surface area contributed by atoms with Gasteiger partial charge in [-0.05, 0) is 73.3 Å². The second kappa shape index (κ2) is 11.5. The minimum atomic E-state index is -0.251. The smallest absolute Gasteiger partial charge is 0.265 e. The Labute approximate surface area is 208 Å². The van der Waals surface area contributed by atoms with E-state index >= 15 is 0 Å². The minimum absolute atomic E-state index is 0.0699. The first-order valence-electron chi connectivity index (χ1n) is 11.4. The van der Waals surface area contributed by atoms with Crippen LogP contribution < -0.4 is 15.4 Å². The molecule has 0 spiro atoms. The molecule has 2 aromatic carbocycles. The SMILES string of the molecule is COc1ccc([C@@H](CNC(=O)c2ccc(Cl)c(NC(=O)c3cccs3)c2)N2CCCCC2)cc1. The van der Waals surface area contributed by atoms with E-state index < -0.39 is 0 Å². The van der Waals surface area contributed by atoms with Crippen molar-refractivity contribution < 1.29 is 14.3 Å². The molecule has 0 aliphatic carbocycles. The van der Waals surface area contributed by atoms with Crippen molar-refractivity contribution in [2.45, 2.75) is 25.3 Å². The van der Waals surface area contributed by atoms with Gasteiger partial charge in [0.25, 0.3) is 11.8 Å². The van der Waals surface area contributed by atoms with Crippen LogP contribution in [0.5, 0.6) is 5.75 Å². The predicted octanol–water partition coefficient (Wildman–Crippen LogP) is 5.62. The van der Waals surface area contributed by atoms with Gasteiger partial charge in [0.15, 0.2) is 0 Å². The number of ether oxygens (including phenoxy) is 1. The molecule has 2 heterocycles. The van der Waals surface area contributed by atoms with Crippen LogP contribution >= 0.6 is 22.9 Å². The van der Waals surface area contributed by atoms with Crippen LogP contribution in [0.4, 0.5) is 5.69 Å². The van der Waals surface area contributed by atoms with Crippen molar-refractivity contribution in [3.8, 4) is 5.75 Å². The van der Waals surface area contributed by atoms with E-state index in [0.29, 0.717) is 27.7 Å². The third-order valence-electron chi connectivity index (χ3n) is 6.01. The molecule has 1 saturated heterocycles. The molecule has 1 aromatic heterocycles. The summed E-state index contributed by atoms with van der Waals surface area (Å²) in [4.78, 5) is 28.5. The van der Waals surface area contributed by atoms with Crippen molar-refractivity contribution >= 4 is 40.4 Å². The van der Waals surface area contributed by atoms with Gasteiger partial charge in [-0.1, -0.05) is 36.2 Å². The molecule has 0 saturated carbocycles. The summed E-state index contributed by atoms with van der Waals surface area (Å²) in [6.45, 7) is 2.49. The molecule has 1 fully saturated rings. The predicted molar refractivity (Wildman–Crippen MR) is 137 cm³/mol. The number of carbonyl (C=O) groups excluding carboxylic acids is 2. The summed E-state index contributed by atoms with van der Waals surface area (Å²) in [7, 11) is 1.65. The van der Waals surface area contributed by atoms with E-state index in [1.54, 1.807) is 31.4 Å². The molecule has 178 valence electrons. The van der Waals surface area contributed by atoms with Gasteiger partial charge in [0.1, 0.15) is 5.75 Å². The number of amides is 2. The summed E-state index contributed by atoms with van der Waals surface area (Å²) in [5.41, 5.74) is 2.00. The van der Waals surface area contributed by atoms with Crippen LogP contribution in [0.1, 0.15) is 50.9 Å². The monoisotopic (exact) mass is 497 g/mol. The molecule has 1 aliphatic rings. The first-order chi connectivity index (χ1) is 16.5. The Morgan fingerprint density at radius 2 is 1.82 bits per heavy atom. The first kappa shape index (κ1) is 24.3. The summed E-state index contributed by atoms with van der Waals surface area (Å²) in [6, 6.07) is 16.6. The molecule has 2 N–H and O–H groups in total. The Hall–Kier alpha value is -2.87. The van der Waals surface area contributed by atoms with E-state index in [9.17, 15) is 9.59 Å². The van der Waals surface area contributed by atoms with Crippen molar-refractivity contribution in [2.24, 2.45) is 0 Å². The number of likely N-dealkylation sites (tertiary alicyclic amines) is 1. The van der Waals surface area contributed by atoms with E-state index in [-0.39, 0.29) is 17.9 Å². The van der Waals surface area contributed by atoms with Gasteiger partial charge in [-0.15, -0.1) is 11.3 Å². The number of halogens is 1. The molecule has 0 unspecified atom stereocenters. The number of anilines is 1. The number of hydrogen-bond donors (Lipinski definition) is 2. The standard InChI is InChI=1S/C26H28ClN3O3S/c1-33-20-10-7-18(8-11-20)23(30-13-3-2-4-14-30)17-28-25(31)19-9-12-21(27)22(16-19)29-26(32)24-6-5-15-34-24/h5-12,15-16,23H,2-4,13-14,17H2,1H3,(H,28,31)(H,29,32)/t23-/m1/s1. The number of rotatable bonds is 8. The van der Waals surface area contributed by atoms with Crippen LogP contribution in [-0.4, -0.2) is 43.5 Å². The van der Waals surface area contributed by atoms with E-state index in [0.717, 1.165) is 37.2 Å². The number of benzene rings is 2. The number of nitrogens with one attached hydrogen (secondary N) is 2. The Bertz CT molecular complexity index is 1110. The molecule has 1 atom stereocenters. The lowest BCUT2D eigenvalue weighted by atomic mass is 10.0. The fourth-order valence-corrected chi connectivity index (χ4v) is 4.94. The van der Waals surface area contributed by atoms with Gasteiger partial charge in [-0.3, -0.25) is 14.5 Å². The highest BCUT2D eigenvalue weighted by Crippen LogP contribution is 2.27. The Kier molecular flexibility index (Phi) is 8.21. The lowest BCUT2D eigenvalue weighted by Crippen LogP contribution is -2.40. The highest BCUT2D eigenvalue weighted by atomic mass is 35.5. The zero-order valence-corrected chi connectivity index (χ0v) is 20.6. The van der Waals surface area contributed by atoms with Crippen LogP contribution in [0.25, 0.3) is 0 Å². The van der Waals surface area contributed by atoms with Crippen LogP contribution in [0.2, 0.25) is 5.02 Å². The van der Waals surface area contributed by atoms with Crippen LogP contribution in [0.15, 0.2) is 60.0 Å². The third kappa shape index (κ3) is 5.97. The highest BCUT2D eigenvalue weighted by Gasteiger charge is 2.23. The van der Waals surface area contributed by atoms with E-state index in [4.69, 9.17) is 16.3 Å². The van der Waals surface area contributed by atoms with Crippen molar-refractivity contribution in [2.75, 3.05) is 32.1 Å². The molecule has 34 heavy (non-hydrogen) atoms. The van der Waals surface area contributed by atoms with Gasteiger partial charge < -0.3 is 15.4 Å². The molecular formula is C26H28ClN3O3S. The molecule has 2 amide bonds. The molecule has 1 aliphatic heterocycles. The van der Waals surface area contributed by atoms with Crippen molar-refractivity contribution in [1.82, 2.24) is 10.2 Å². The lowest BCUT2D eigenvalue weighted by Gasteiger charge is -2.35. The molecule has 6 nitrogen and oxygen atoms in total. The van der Waals surface area contributed by atoms with E-state index in [1.165, 1.54) is 17.8 Å². The summed E-state index contributed by atoms with van der Waals surface area (Å²) in [5.74, 6) is 0.349. The Balaban J connectivity index is 1.47. The van der Waals surface area contributed by atoms with Crippen LogP contribution in [-0.2, 0) is 0 Å². The maximum Gasteiger partial charge on any atom is 0.265 e. The van der Waals surface area contributed by atoms with Gasteiger partial charge >= 0.3 is 0 Å². The maximum absolute atomic E-state index is 13.0. The molecule has 8 heteroatoms. The third-order valence-corrected chi connectivity index (χ3v) is 7.21. The van der Waals surface area contributed by atoms with Crippen LogP contribution in [0, 0.1) is 0 Å². The summed E-state index contributed by atoms with van der Waals surface area (Å²) >= 11 is 7.62. The van der Waals surface area contributed by atoms with Gasteiger partial charge in [-0.25, -0.2) is 0 Å². The number of carbonyl (C=O) groups is 2.